The molecule has 0 radical (unpaired) electrons. The molecule has 8 nitrogen and oxygen atoms in total. The Bertz CT molecular complexity index is 1280. The molecule has 1 aliphatic rings. The van der Waals surface area contributed by atoms with E-state index in [1.807, 2.05) is 66.2 Å². The fourth-order valence-electron chi connectivity index (χ4n) is 4.55. The monoisotopic (exact) mass is 456 g/mol. The van der Waals surface area contributed by atoms with Crippen LogP contribution in [0.2, 0.25) is 0 Å². The standard InChI is InChI=1S/C26H28N6O2/c1-2-22(33)30-18-10-12-19(13-11-18)32-26-23(25(27)28-16-29-26)24(31-32)17-8-14-21(15-9-17)34-20-6-4-3-5-7-20/h3-9,14-16,18-19H,2,10-13H2,1H3,(H,30,33)(H2,27,28,29)/t18-,19-. The third-order valence-electron chi connectivity index (χ3n) is 6.35. The number of carbonyl (C=O) groups is 1. The number of nitrogens with two attached hydrogens (primary N) is 1. The molecule has 8 heteroatoms. The van der Waals surface area contributed by atoms with Gasteiger partial charge in [-0.2, -0.15) is 5.10 Å². The minimum Gasteiger partial charge on any atom is -0.457 e. The third-order valence-corrected chi connectivity index (χ3v) is 6.35. The van der Waals surface area contributed by atoms with Gasteiger partial charge in [-0.3, -0.25) is 4.79 Å². The van der Waals surface area contributed by atoms with Crippen molar-refractivity contribution in [1.29, 1.82) is 0 Å². The first-order valence-corrected chi connectivity index (χ1v) is 11.7. The van der Waals surface area contributed by atoms with E-state index in [-0.39, 0.29) is 18.0 Å². The zero-order chi connectivity index (χ0) is 23.5. The number of nitrogens with one attached hydrogen (secondary N) is 1. The molecule has 2 heterocycles. The molecule has 0 unspecified atom stereocenters. The van der Waals surface area contributed by atoms with Crippen molar-refractivity contribution in [2.45, 2.75) is 51.1 Å². The van der Waals surface area contributed by atoms with Crippen LogP contribution < -0.4 is 15.8 Å². The van der Waals surface area contributed by atoms with Gasteiger partial charge < -0.3 is 15.8 Å². The van der Waals surface area contributed by atoms with Crippen LogP contribution in [0.5, 0.6) is 11.5 Å². The average Bonchev–Trinajstić information content (AvgIpc) is 3.26. The summed E-state index contributed by atoms with van der Waals surface area (Å²) in [5.41, 5.74) is 8.72. The van der Waals surface area contributed by atoms with E-state index >= 15 is 0 Å². The zero-order valence-electron chi connectivity index (χ0n) is 19.1. The quantitative estimate of drug-likeness (QED) is 0.428. The smallest absolute Gasteiger partial charge is 0.219 e. The van der Waals surface area contributed by atoms with Crippen molar-refractivity contribution in [3.8, 4) is 22.8 Å². The molecule has 2 aromatic carbocycles. The van der Waals surface area contributed by atoms with E-state index in [4.69, 9.17) is 15.6 Å². The maximum absolute atomic E-state index is 11.8. The predicted octanol–water partition coefficient (Wildman–Crippen LogP) is 4.88. The Morgan fingerprint density at radius 2 is 1.74 bits per heavy atom. The van der Waals surface area contributed by atoms with Crippen molar-refractivity contribution >= 4 is 22.8 Å². The minimum atomic E-state index is 0.107. The number of fused-ring (bicyclic) bond motifs is 1. The first-order chi connectivity index (χ1) is 16.6. The van der Waals surface area contributed by atoms with Gasteiger partial charge in [0.05, 0.1) is 11.4 Å². The van der Waals surface area contributed by atoms with Crippen molar-refractivity contribution in [1.82, 2.24) is 25.1 Å². The highest BCUT2D eigenvalue weighted by atomic mass is 16.5. The highest BCUT2D eigenvalue weighted by Gasteiger charge is 2.27. The van der Waals surface area contributed by atoms with E-state index in [1.165, 1.54) is 6.33 Å². The van der Waals surface area contributed by atoms with E-state index in [0.29, 0.717) is 12.2 Å². The van der Waals surface area contributed by atoms with Crippen molar-refractivity contribution in [2.75, 3.05) is 5.73 Å². The summed E-state index contributed by atoms with van der Waals surface area (Å²) in [5.74, 6) is 2.05. The second-order valence-electron chi connectivity index (χ2n) is 8.62. The van der Waals surface area contributed by atoms with Crippen LogP contribution in [0.3, 0.4) is 0 Å². The van der Waals surface area contributed by atoms with E-state index in [1.54, 1.807) is 0 Å². The van der Waals surface area contributed by atoms with Crippen LogP contribution in [-0.2, 0) is 4.79 Å². The third kappa shape index (κ3) is 4.44. The van der Waals surface area contributed by atoms with Gasteiger partial charge in [0.2, 0.25) is 5.91 Å². The molecule has 0 aliphatic heterocycles. The molecule has 1 aliphatic carbocycles. The molecule has 3 N–H and O–H groups in total. The number of hydrogen-bond donors (Lipinski definition) is 2. The average molecular weight is 457 g/mol. The molecule has 34 heavy (non-hydrogen) atoms. The molecule has 0 bridgehead atoms. The maximum Gasteiger partial charge on any atom is 0.219 e. The van der Waals surface area contributed by atoms with Gasteiger partial charge in [-0.1, -0.05) is 25.1 Å². The van der Waals surface area contributed by atoms with Crippen LogP contribution in [0, 0.1) is 0 Å². The molecule has 5 rings (SSSR count). The normalized spacial score (nSPS) is 18.0. The number of nitrogens with zero attached hydrogens (tertiary/aromatic N) is 4. The number of carbonyl (C=O) groups excluding carboxylic acids is 1. The van der Waals surface area contributed by atoms with Crippen LogP contribution in [0.4, 0.5) is 5.82 Å². The Balaban J connectivity index is 1.41. The molecule has 1 saturated carbocycles. The molecular formula is C26H28N6O2. The van der Waals surface area contributed by atoms with Crippen LogP contribution in [0.25, 0.3) is 22.3 Å². The lowest BCUT2D eigenvalue weighted by atomic mass is 9.91. The van der Waals surface area contributed by atoms with Gasteiger partial charge in [-0.25, -0.2) is 14.6 Å². The van der Waals surface area contributed by atoms with Crippen molar-refractivity contribution < 1.29 is 9.53 Å². The van der Waals surface area contributed by atoms with Gasteiger partial charge >= 0.3 is 0 Å². The Morgan fingerprint density at radius 1 is 1.03 bits per heavy atom. The Kier molecular flexibility index (Phi) is 6.12. The first-order valence-electron chi connectivity index (χ1n) is 11.7. The number of amides is 1. The summed E-state index contributed by atoms with van der Waals surface area (Å²) in [6.07, 6.45) is 5.66. The van der Waals surface area contributed by atoms with Crippen molar-refractivity contribution in [2.24, 2.45) is 0 Å². The summed E-state index contributed by atoms with van der Waals surface area (Å²) in [6, 6.07) is 17.9. The summed E-state index contributed by atoms with van der Waals surface area (Å²) in [7, 11) is 0. The summed E-state index contributed by atoms with van der Waals surface area (Å²) in [5, 5.41) is 8.84. The topological polar surface area (TPSA) is 108 Å². The number of anilines is 1. The van der Waals surface area contributed by atoms with E-state index in [2.05, 4.69) is 15.3 Å². The number of para-hydroxylation sites is 1. The van der Waals surface area contributed by atoms with Crippen LogP contribution in [0.1, 0.15) is 45.1 Å². The van der Waals surface area contributed by atoms with Crippen LogP contribution in [0.15, 0.2) is 60.9 Å². The second kappa shape index (κ2) is 9.51. The van der Waals surface area contributed by atoms with Gasteiger partial charge in [0.15, 0.2) is 5.65 Å². The molecule has 1 fully saturated rings. The molecule has 0 spiro atoms. The number of nitrogen functional groups attached to an aromatic ring is 1. The maximum atomic E-state index is 11.8. The molecule has 174 valence electrons. The number of hydrogen-bond acceptors (Lipinski definition) is 6. The molecule has 2 aromatic heterocycles. The van der Waals surface area contributed by atoms with Crippen LogP contribution >= 0.6 is 0 Å². The molecule has 0 saturated heterocycles. The van der Waals surface area contributed by atoms with Gasteiger partial charge in [0, 0.05) is 18.0 Å². The lowest BCUT2D eigenvalue weighted by Crippen LogP contribution is -2.37. The highest BCUT2D eigenvalue weighted by molar-refractivity contribution is 5.98. The Morgan fingerprint density at radius 3 is 2.44 bits per heavy atom. The Labute approximate surface area is 198 Å². The van der Waals surface area contributed by atoms with Crippen LogP contribution in [-0.4, -0.2) is 31.7 Å². The second-order valence-corrected chi connectivity index (χ2v) is 8.62. The van der Waals surface area contributed by atoms with Gasteiger partial charge in [0.1, 0.15) is 29.3 Å². The van der Waals surface area contributed by atoms with Crippen molar-refractivity contribution in [3.63, 3.8) is 0 Å². The van der Waals surface area contributed by atoms with E-state index < -0.39 is 0 Å². The summed E-state index contributed by atoms with van der Waals surface area (Å²) in [4.78, 5) is 20.5. The number of rotatable bonds is 6. The zero-order valence-corrected chi connectivity index (χ0v) is 19.1. The molecule has 4 aromatic rings. The van der Waals surface area contributed by atoms with Gasteiger partial charge in [0.25, 0.3) is 0 Å². The van der Waals surface area contributed by atoms with E-state index in [9.17, 15) is 4.79 Å². The summed E-state index contributed by atoms with van der Waals surface area (Å²) >= 11 is 0. The lowest BCUT2D eigenvalue weighted by Gasteiger charge is -2.29. The number of benzene rings is 2. The highest BCUT2D eigenvalue weighted by Crippen LogP contribution is 2.36. The van der Waals surface area contributed by atoms with Gasteiger partial charge in [-0.15, -0.1) is 0 Å². The largest absolute Gasteiger partial charge is 0.457 e. The van der Waals surface area contributed by atoms with Gasteiger partial charge in [-0.05, 0) is 62.1 Å². The fourth-order valence-corrected chi connectivity index (χ4v) is 4.55. The van der Waals surface area contributed by atoms with E-state index in [0.717, 1.165) is 59.5 Å². The molecule has 0 atom stereocenters. The van der Waals surface area contributed by atoms with Crippen molar-refractivity contribution in [3.05, 3.63) is 60.9 Å². The Hall–Kier alpha value is -3.94. The SMILES string of the molecule is CCC(=O)N[C@H]1CC[C@H](n2nc(-c3ccc(Oc4ccccc4)cc3)c3c(N)ncnc32)CC1. The predicted molar refractivity (Wildman–Crippen MR) is 131 cm³/mol. The summed E-state index contributed by atoms with van der Waals surface area (Å²) < 4.78 is 7.92. The summed E-state index contributed by atoms with van der Waals surface area (Å²) in [6.45, 7) is 1.88. The number of ether oxygens (including phenoxy) is 1. The number of aromatic nitrogens is 4. The first kappa shape index (κ1) is 21.9. The molecular weight excluding hydrogens is 428 g/mol. The minimum absolute atomic E-state index is 0.107. The fraction of sp³-hybridized carbons (Fsp3) is 0.308. The lowest BCUT2D eigenvalue weighted by molar-refractivity contribution is -0.121. The molecule has 1 amide bonds.